The van der Waals surface area contributed by atoms with E-state index < -0.39 is 0 Å². The highest BCUT2D eigenvalue weighted by Gasteiger charge is 2.34. The normalized spacial score (nSPS) is 25.6. The second kappa shape index (κ2) is 5.14. The highest BCUT2D eigenvalue weighted by atomic mass is 16.2. The van der Waals surface area contributed by atoms with Gasteiger partial charge in [-0.05, 0) is 50.9 Å². The van der Waals surface area contributed by atoms with Crippen molar-refractivity contribution in [1.82, 2.24) is 15.2 Å². The van der Waals surface area contributed by atoms with Gasteiger partial charge in [-0.3, -0.25) is 4.79 Å². The number of piperidine rings is 1. The Morgan fingerprint density at radius 1 is 1.28 bits per heavy atom. The molecule has 1 atom stereocenters. The van der Waals surface area contributed by atoms with Gasteiger partial charge in [0.05, 0.1) is 6.04 Å². The molecule has 3 rings (SSSR count). The van der Waals surface area contributed by atoms with Crippen molar-refractivity contribution in [3.63, 3.8) is 0 Å². The molecule has 1 aromatic rings. The first kappa shape index (κ1) is 11.8. The van der Waals surface area contributed by atoms with E-state index in [1.807, 2.05) is 12.3 Å². The maximum atomic E-state index is 12.6. The maximum absolute atomic E-state index is 12.6. The number of H-pyrrole nitrogens is 1. The van der Waals surface area contributed by atoms with E-state index in [9.17, 15) is 4.79 Å². The summed E-state index contributed by atoms with van der Waals surface area (Å²) in [5, 5.41) is 3.32. The summed E-state index contributed by atoms with van der Waals surface area (Å²) in [7, 11) is 0. The number of nitrogens with zero attached hydrogens (tertiary/aromatic N) is 1. The number of hydrogen-bond acceptors (Lipinski definition) is 2. The van der Waals surface area contributed by atoms with E-state index in [0.717, 1.165) is 45.3 Å². The van der Waals surface area contributed by atoms with Crippen LogP contribution in [0, 0.1) is 5.92 Å². The van der Waals surface area contributed by atoms with E-state index in [-0.39, 0.29) is 12.0 Å². The Hall–Kier alpha value is -1.29. The van der Waals surface area contributed by atoms with Crippen molar-refractivity contribution in [2.75, 3.05) is 19.6 Å². The van der Waals surface area contributed by atoms with Crippen molar-refractivity contribution in [1.29, 1.82) is 0 Å². The molecule has 3 heterocycles. The number of nitrogens with one attached hydrogen (secondary N) is 2. The summed E-state index contributed by atoms with van der Waals surface area (Å²) >= 11 is 0. The lowest BCUT2D eigenvalue weighted by atomic mass is 9.96. The number of likely N-dealkylation sites (tertiary alicyclic amines) is 1. The third-order valence-corrected chi connectivity index (χ3v) is 4.21. The molecule has 0 radical (unpaired) electrons. The molecule has 2 saturated heterocycles. The molecule has 1 amide bonds. The summed E-state index contributed by atoms with van der Waals surface area (Å²) in [6.45, 7) is 2.89. The lowest BCUT2D eigenvalue weighted by molar-refractivity contribution is -0.137. The summed E-state index contributed by atoms with van der Waals surface area (Å²) in [6, 6.07) is 4.39. The first-order valence-corrected chi connectivity index (χ1v) is 7.01. The van der Waals surface area contributed by atoms with Gasteiger partial charge >= 0.3 is 0 Å². The van der Waals surface area contributed by atoms with Gasteiger partial charge in [-0.15, -0.1) is 0 Å². The Balaban J connectivity index is 1.72. The zero-order chi connectivity index (χ0) is 12.4. The number of carbonyl (C=O) groups excluding carboxylic acids is 1. The van der Waals surface area contributed by atoms with Gasteiger partial charge in [0.2, 0.25) is 5.91 Å². The molecular weight excluding hydrogens is 226 g/mol. The van der Waals surface area contributed by atoms with E-state index >= 15 is 0 Å². The molecule has 0 spiro atoms. The second-order valence-electron chi connectivity index (χ2n) is 5.34. The molecule has 0 saturated carbocycles. The van der Waals surface area contributed by atoms with Crippen molar-refractivity contribution in [2.45, 2.75) is 31.7 Å². The van der Waals surface area contributed by atoms with Gasteiger partial charge in [-0.2, -0.15) is 0 Å². The Morgan fingerprint density at radius 3 is 2.83 bits per heavy atom. The number of aromatic amines is 1. The van der Waals surface area contributed by atoms with E-state index in [4.69, 9.17) is 0 Å². The van der Waals surface area contributed by atoms with Gasteiger partial charge in [0.25, 0.3) is 0 Å². The van der Waals surface area contributed by atoms with E-state index in [0.29, 0.717) is 5.91 Å². The predicted octanol–water partition coefficient (Wildman–Crippen LogP) is 1.68. The van der Waals surface area contributed by atoms with Gasteiger partial charge < -0.3 is 15.2 Å². The zero-order valence-electron chi connectivity index (χ0n) is 10.7. The monoisotopic (exact) mass is 247 g/mol. The number of amides is 1. The summed E-state index contributed by atoms with van der Waals surface area (Å²) in [5.74, 6) is 0.607. The fraction of sp³-hybridized carbons (Fsp3) is 0.643. The standard InChI is InChI=1S/C14H21N3O/c18-14(11-5-8-15-9-6-11)17-10-2-4-13(17)12-3-1-7-16-12/h1,3,7,11,13,15-16H,2,4-6,8-10H2. The van der Waals surface area contributed by atoms with Gasteiger partial charge in [-0.1, -0.05) is 0 Å². The lowest BCUT2D eigenvalue weighted by Crippen LogP contribution is -2.40. The van der Waals surface area contributed by atoms with Crippen molar-refractivity contribution >= 4 is 5.91 Å². The molecule has 1 unspecified atom stereocenters. The molecule has 2 N–H and O–H groups in total. The third-order valence-electron chi connectivity index (χ3n) is 4.21. The fourth-order valence-corrected chi connectivity index (χ4v) is 3.21. The Kier molecular flexibility index (Phi) is 3.37. The molecule has 4 heteroatoms. The fourth-order valence-electron chi connectivity index (χ4n) is 3.21. The number of hydrogen-bond donors (Lipinski definition) is 2. The molecule has 0 aliphatic carbocycles. The third kappa shape index (κ3) is 2.17. The molecule has 18 heavy (non-hydrogen) atoms. The van der Waals surface area contributed by atoms with Crippen LogP contribution in [-0.4, -0.2) is 35.4 Å². The van der Waals surface area contributed by atoms with E-state index in [1.165, 1.54) is 5.69 Å². The average molecular weight is 247 g/mol. The number of aromatic nitrogens is 1. The zero-order valence-corrected chi connectivity index (χ0v) is 10.7. The van der Waals surface area contributed by atoms with Crippen LogP contribution in [0.3, 0.4) is 0 Å². The summed E-state index contributed by atoms with van der Waals surface area (Å²) in [6.07, 6.45) is 6.15. The SMILES string of the molecule is O=C(C1CCNCC1)N1CCCC1c1ccc[nH]1. The van der Waals surface area contributed by atoms with Gasteiger partial charge in [0.1, 0.15) is 0 Å². The van der Waals surface area contributed by atoms with Crippen LogP contribution in [0.5, 0.6) is 0 Å². The minimum absolute atomic E-state index is 0.238. The highest BCUT2D eigenvalue weighted by molar-refractivity contribution is 5.79. The van der Waals surface area contributed by atoms with Crippen LogP contribution in [-0.2, 0) is 4.79 Å². The maximum Gasteiger partial charge on any atom is 0.226 e. The molecule has 0 aromatic carbocycles. The first-order valence-electron chi connectivity index (χ1n) is 7.01. The Labute approximate surface area is 108 Å². The minimum Gasteiger partial charge on any atom is -0.363 e. The first-order chi connectivity index (χ1) is 8.86. The van der Waals surface area contributed by atoms with Crippen molar-refractivity contribution in [3.05, 3.63) is 24.0 Å². The average Bonchev–Trinajstić information content (AvgIpc) is 3.09. The molecule has 2 aliphatic rings. The number of rotatable bonds is 2. The number of carbonyl (C=O) groups is 1. The molecule has 1 aromatic heterocycles. The van der Waals surface area contributed by atoms with Crippen molar-refractivity contribution in [3.8, 4) is 0 Å². The molecule has 98 valence electrons. The second-order valence-corrected chi connectivity index (χ2v) is 5.34. The van der Waals surface area contributed by atoms with E-state index in [1.54, 1.807) is 0 Å². The van der Waals surface area contributed by atoms with Gasteiger partial charge in [-0.25, -0.2) is 0 Å². The molecule has 0 bridgehead atoms. The van der Waals surface area contributed by atoms with Gasteiger partial charge in [0, 0.05) is 24.4 Å². The van der Waals surface area contributed by atoms with E-state index in [2.05, 4.69) is 21.3 Å². The quantitative estimate of drug-likeness (QED) is 0.835. The molecular formula is C14H21N3O. The smallest absolute Gasteiger partial charge is 0.226 e. The van der Waals surface area contributed by atoms with Crippen LogP contribution >= 0.6 is 0 Å². The Morgan fingerprint density at radius 2 is 2.11 bits per heavy atom. The molecule has 2 aliphatic heterocycles. The molecule has 2 fully saturated rings. The van der Waals surface area contributed by atoms with Crippen molar-refractivity contribution < 1.29 is 4.79 Å². The minimum atomic E-state index is 0.238. The van der Waals surface area contributed by atoms with Crippen LogP contribution in [0.15, 0.2) is 18.3 Å². The predicted molar refractivity (Wildman–Crippen MR) is 70.1 cm³/mol. The van der Waals surface area contributed by atoms with Crippen LogP contribution in [0.2, 0.25) is 0 Å². The summed E-state index contributed by atoms with van der Waals surface area (Å²) < 4.78 is 0. The van der Waals surface area contributed by atoms with Gasteiger partial charge in [0.15, 0.2) is 0 Å². The van der Waals surface area contributed by atoms with Crippen LogP contribution < -0.4 is 5.32 Å². The summed E-state index contributed by atoms with van der Waals surface area (Å²) in [4.78, 5) is 17.9. The van der Waals surface area contributed by atoms with Crippen LogP contribution in [0.4, 0.5) is 0 Å². The summed E-state index contributed by atoms with van der Waals surface area (Å²) in [5.41, 5.74) is 1.19. The van der Waals surface area contributed by atoms with Crippen LogP contribution in [0.25, 0.3) is 0 Å². The lowest BCUT2D eigenvalue weighted by Gasteiger charge is -2.30. The highest BCUT2D eigenvalue weighted by Crippen LogP contribution is 2.33. The van der Waals surface area contributed by atoms with Crippen LogP contribution in [0.1, 0.15) is 37.4 Å². The topological polar surface area (TPSA) is 48.1 Å². The molecule has 4 nitrogen and oxygen atoms in total. The largest absolute Gasteiger partial charge is 0.363 e. The Bertz CT molecular complexity index is 395. The van der Waals surface area contributed by atoms with Crippen molar-refractivity contribution in [2.24, 2.45) is 5.92 Å².